The summed E-state index contributed by atoms with van der Waals surface area (Å²) in [5.41, 5.74) is 0.954. The molecule has 1 fully saturated rings. The van der Waals surface area contributed by atoms with Gasteiger partial charge >= 0.3 is 5.97 Å². The number of Topliss-reactive ketones (excluding diaryl/α,β-unsaturated/α-hetero) is 1. The quantitative estimate of drug-likeness (QED) is 0.439. The lowest BCUT2D eigenvalue weighted by Gasteiger charge is -2.41. The highest BCUT2D eigenvalue weighted by atomic mass is 16.5. The molecule has 1 amide bonds. The SMILES string of the molecule is Cc1nc2cc3nn2c(c1C(OC(C)(C)C)C(=O)O)N1CCC(C)(CC1)OCCCCOc1ccccc1CC(=O)CNC3=O. The van der Waals surface area contributed by atoms with Crippen molar-refractivity contribution >= 4 is 29.1 Å². The van der Waals surface area contributed by atoms with E-state index < -0.39 is 23.6 Å². The van der Waals surface area contributed by atoms with Crippen molar-refractivity contribution in [1.82, 2.24) is 19.9 Å². The molecule has 5 heterocycles. The molecule has 4 bridgehead atoms. The Hall–Kier alpha value is -4.03. The number of ether oxygens (including phenoxy) is 3. The molecule has 1 saturated heterocycles. The van der Waals surface area contributed by atoms with Gasteiger partial charge in [0.25, 0.3) is 5.91 Å². The third kappa shape index (κ3) is 7.62. The first-order valence-electron chi connectivity index (χ1n) is 15.5. The van der Waals surface area contributed by atoms with E-state index in [1.165, 1.54) is 4.52 Å². The molecule has 242 valence electrons. The molecule has 1 unspecified atom stereocenters. The fourth-order valence-electron chi connectivity index (χ4n) is 5.80. The number of carboxylic acid groups (broad SMARTS) is 1. The summed E-state index contributed by atoms with van der Waals surface area (Å²) in [6.07, 6.45) is 1.81. The third-order valence-electron chi connectivity index (χ3n) is 8.17. The van der Waals surface area contributed by atoms with Gasteiger partial charge in [-0.2, -0.15) is 9.61 Å². The van der Waals surface area contributed by atoms with Gasteiger partial charge in [0, 0.05) is 43.4 Å². The van der Waals surface area contributed by atoms with Crippen LogP contribution in [0.25, 0.3) is 5.65 Å². The molecular formula is C33H43N5O7. The van der Waals surface area contributed by atoms with Gasteiger partial charge in [0.15, 0.2) is 23.2 Å². The fourth-order valence-corrected chi connectivity index (χ4v) is 5.80. The topological polar surface area (TPSA) is 145 Å². The van der Waals surface area contributed by atoms with Crippen LogP contribution in [0.5, 0.6) is 5.75 Å². The number of aliphatic carboxylic acids is 1. The Morgan fingerprint density at radius 1 is 1.13 bits per heavy atom. The number of amides is 1. The molecule has 6 rings (SSSR count). The van der Waals surface area contributed by atoms with Crippen LogP contribution in [-0.4, -0.2) is 81.4 Å². The summed E-state index contributed by atoms with van der Waals surface area (Å²) in [5.74, 6) is -0.684. The van der Waals surface area contributed by atoms with E-state index in [-0.39, 0.29) is 30.0 Å². The number of ketones is 1. The number of hydrogen-bond donors (Lipinski definition) is 2. The van der Waals surface area contributed by atoms with Gasteiger partial charge < -0.3 is 29.5 Å². The molecule has 0 radical (unpaired) electrons. The summed E-state index contributed by atoms with van der Waals surface area (Å²) in [6, 6.07) is 8.97. The number of aryl methyl sites for hydroxylation is 1. The number of nitrogens with one attached hydrogen (secondary N) is 1. The Labute approximate surface area is 263 Å². The van der Waals surface area contributed by atoms with Gasteiger partial charge in [-0.25, -0.2) is 9.78 Å². The molecule has 0 spiro atoms. The average molecular weight is 622 g/mol. The minimum Gasteiger partial charge on any atom is -0.493 e. The van der Waals surface area contributed by atoms with E-state index in [4.69, 9.17) is 14.2 Å². The van der Waals surface area contributed by atoms with E-state index in [0.29, 0.717) is 67.6 Å². The highest BCUT2D eigenvalue weighted by Gasteiger charge is 2.38. The summed E-state index contributed by atoms with van der Waals surface area (Å²) < 4.78 is 20.0. The maximum absolute atomic E-state index is 13.3. The number of hydrogen-bond acceptors (Lipinski definition) is 9. The van der Waals surface area contributed by atoms with Crippen LogP contribution in [0, 0.1) is 6.92 Å². The summed E-state index contributed by atoms with van der Waals surface area (Å²) >= 11 is 0. The smallest absolute Gasteiger partial charge is 0.337 e. The highest BCUT2D eigenvalue weighted by Crippen LogP contribution is 2.37. The Balaban J connectivity index is 1.54. The highest BCUT2D eigenvalue weighted by molar-refractivity contribution is 5.96. The van der Waals surface area contributed by atoms with Crippen molar-refractivity contribution in [2.75, 3.05) is 37.7 Å². The maximum atomic E-state index is 13.3. The van der Waals surface area contributed by atoms with Crippen LogP contribution >= 0.6 is 0 Å². The van der Waals surface area contributed by atoms with E-state index in [1.807, 2.05) is 24.3 Å². The zero-order valence-corrected chi connectivity index (χ0v) is 26.7. The van der Waals surface area contributed by atoms with Crippen molar-refractivity contribution in [2.45, 2.75) is 84.0 Å². The maximum Gasteiger partial charge on any atom is 0.337 e. The Morgan fingerprint density at radius 2 is 1.84 bits per heavy atom. The van der Waals surface area contributed by atoms with Gasteiger partial charge in [0.1, 0.15) is 11.6 Å². The number of anilines is 1. The lowest BCUT2D eigenvalue weighted by molar-refractivity contribution is -0.160. The van der Waals surface area contributed by atoms with Crippen molar-refractivity contribution in [2.24, 2.45) is 0 Å². The summed E-state index contributed by atoms with van der Waals surface area (Å²) in [7, 11) is 0. The van der Waals surface area contributed by atoms with Gasteiger partial charge in [-0.05, 0) is 66.4 Å². The van der Waals surface area contributed by atoms with Gasteiger partial charge in [-0.1, -0.05) is 18.2 Å². The second-order valence-corrected chi connectivity index (χ2v) is 13.0. The number of nitrogens with zero attached hydrogens (tertiary/aromatic N) is 4. The Morgan fingerprint density at radius 3 is 2.56 bits per heavy atom. The van der Waals surface area contributed by atoms with Crippen LogP contribution in [0.1, 0.15) is 86.8 Å². The van der Waals surface area contributed by atoms with Crippen LogP contribution in [0.15, 0.2) is 30.3 Å². The predicted octanol–water partition coefficient (Wildman–Crippen LogP) is 4.07. The minimum atomic E-state index is -1.32. The molecular weight excluding hydrogens is 578 g/mol. The largest absolute Gasteiger partial charge is 0.493 e. The zero-order valence-electron chi connectivity index (χ0n) is 26.7. The van der Waals surface area contributed by atoms with E-state index in [1.54, 1.807) is 33.8 Å². The lowest BCUT2D eigenvalue weighted by atomic mass is 9.92. The normalized spacial score (nSPS) is 19.0. The number of piperidine rings is 1. The van der Waals surface area contributed by atoms with E-state index in [9.17, 15) is 19.5 Å². The molecule has 45 heavy (non-hydrogen) atoms. The summed E-state index contributed by atoms with van der Waals surface area (Å²) in [6.45, 7) is 11.3. The molecule has 0 aliphatic carbocycles. The number of para-hydroxylation sites is 1. The van der Waals surface area contributed by atoms with Crippen molar-refractivity contribution < 1.29 is 33.7 Å². The van der Waals surface area contributed by atoms with Crippen LogP contribution in [0.2, 0.25) is 0 Å². The number of benzene rings is 1. The summed E-state index contributed by atoms with van der Waals surface area (Å²) in [4.78, 5) is 45.5. The third-order valence-corrected chi connectivity index (χ3v) is 8.17. The second kappa shape index (κ2) is 13.1. The van der Waals surface area contributed by atoms with Gasteiger partial charge in [0.2, 0.25) is 0 Å². The van der Waals surface area contributed by atoms with E-state index in [0.717, 1.165) is 18.4 Å². The van der Waals surface area contributed by atoms with Crippen molar-refractivity contribution in [1.29, 1.82) is 0 Å². The number of rotatable bonds is 3. The first-order chi connectivity index (χ1) is 21.3. The van der Waals surface area contributed by atoms with Crippen LogP contribution < -0.4 is 15.0 Å². The Kier molecular flexibility index (Phi) is 9.45. The first-order valence-corrected chi connectivity index (χ1v) is 15.5. The zero-order chi connectivity index (χ0) is 32.4. The number of carbonyl (C=O) groups excluding carboxylic acids is 2. The molecule has 3 aliphatic heterocycles. The molecule has 0 saturated carbocycles. The number of carboxylic acids is 1. The van der Waals surface area contributed by atoms with E-state index >= 15 is 0 Å². The van der Waals surface area contributed by atoms with Gasteiger partial charge in [-0.15, -0.1) is 0 Å². The van der Waals surface area contributed by atoms with Crippen LogP contribution in [0.4, 0.5) is 5.82 Å². The number of aromatic nitrogens is 3. The molecule has 3 aliphatic rings. The second-order valence-electron chi connectivity index (χ2n) is 13.0. The molecule has 2 N–H and O–H groups in total. The molecule has 2 aromatic heterocycles. The molecule has 12 heteroatoms. The molecule has 12 nitrogen and oxygen atoms in total. The summed E-state index contributed by atoms with van der Waals surface area (Å²) in [5, 5.41) is 17.6. The van der Waals surface area contributed by atoms with Gasteiger partial charge in [-0.3, -0.25) is 9.59 Å². The van der Waals surface area contributed by atoms with E-state index in [2.05, 4.69) is 27.2 Å². The monoisotopic (exact) mass is 621 g/mol. The fraction of sp³-hybridized carbons (Fsp3) is 0.545. The predicted molar refractivity (Wildman–Crippen MR) is 167 cm³/mol. The number of fused-ring (bicyclic) bond motifs is 11. The minimum absolute atomic E-state index is 0.0662. The van der Waals surface area contributed by atoms with Gasteiger partial charge in [0.05, 0.1) is 29.9 Å². The molecule has 1 atom stereocenters. The van der Waals surface area contributed by atoms with Crippen LogP contribution in [0.3, 0.4) is 0 Å². The van der Waals surface area contributed by atoms with Crippen molar-refractivity contribution in [3.8, 4) is 5.75 Å². The van der Waals surface area contributed by atoms with Crippen molar-refractivity contribution in [3.05, 3.63) is 52.8 Å². The first kappa shape index (κ1) is 32.4. The molecule has 1 aromatic carbocycles. The van der Waals surface area contributed by atoms with Crippen LogP contribution in [-0.2, 0) is 25.5 Å². The molecule has 3 aromatic rings. The standard InChI is InChI=1S/C33H43N5O7/c1-21-27(28(31(41)42)45-32(2,3)4)30-37-14-12-33(5,13-15-37)44-17-9-8-16-43-25-11-7-6-10-22(25)18-23(39)20-34-29(40)24-19-26(35-21)38(30)36-24/h6-7,10-11,19,28H,8-9,12-18,20H2,1-5H3,(H,34,40)(H,41,42). The average Bonchev–Trinajstić information content (AvgIpc) is 3.40. The lowest BCUT2D eigenvalue weighted by Crippen LogP contribution is -2.46. The Bertz CT molecular complexity index is 1570. The number of carbonyl (C=O) groups is 3. The van der Waals surface area contributed by atoms with Crippen molar-refractivity contribution in [3.63, 3.8) is 0 Å².